The van der Waals surface area contributed by atoms with Crippen LogP contribution in [-0.4, -0.2) is 18.0 Å². The SMILES string of the molecule is Fc1cc(CN2CCC2)ccc1Cl. The number of hydrogen-bond donors (Lipinski definition) is 0. The predicted molar refractivity (Wildman–Crippen MR) is 51.3 cm³/mol. The van der Waals surface area contributed by atoms with E-state index in [-0.39, 0.29) is 10.8 Å². The molecule has 0 unspecified atom stereocenters. The summed E-state index contributed by atoms with van der Waals surface area (Å²) in [6.45, 7) is 3.10. The lowest BCUT2D eigenvalue weighted by molar-refractivity contribution is 0.172. The van der Waals surface area contributed by atoms with Crippen LogP contribution in [0.25, 0.3) is 0 Å². The zero-order valence-corrected chi connectivity index (χ0v) is 8.02. The largest absolute Gasteiger partial charge is 0.299 e. The molecule has 0 spiro atoms. The summed E-state index contributed by atoms with van der Waals surface area (Å²) < 4.78 is 13.0. The molecule has 13 heavy (non-hydrogen) atoms. The van der Waals surface area contributed by atoms with Gasteiger partial charge in [0, 0.05) is 6.54 Å². The molecule has 0 bridgehead atoms. The van der Waals surface area contributed by atoms with E-state index >= 15 is 0 Å². The van der Waals surface area contributed by atoms with Crippen LogP contribution in [0.15, 0.2) is 18.2 Å². The summed E-state index contributed by atoms with van der Waals surface area (Å²) in [4.78, 5) is 2.28. The second-order valence-electron chi connectivity index (χ2n) is 3.38. The quantitative estimate of drug-likeness (QED) is 0.708. The third-order valence-electron chi connectivity index (χ3n) is 2.34. The summed E-state index contributed by atoms with van der Waals surface area (Å²) in [5.74, 6) is -0.320. The van der Waals surface area contributed by atoms with Crippen molar-refractivity contribution in [2.45, 2.75) is 13.0 Å². The van der Waals surface area contributed by atoms with Crippen molar-refractivity contribution in [3.05, 3.63) is 34.6 Å². The van der Waals surface area contributed by atoms with Gasteiger partial charge in [0.05, 0.1) is 5.02 Å². The molecule has 1 aliphatic rings. The van der Waals surface area contributed by atoms with Gasteiger partial charge >= 0.3 is 0 Å². The van der Waals surface area contributed by atoms with E-state index in [2.05, 4.69) is 4.90 Å². The Morgan fingerprint density at radius 3 is 2.69 bits per heavy atom. The van der Waals surface area contributed by atoms with Crippen LogP contribution in [0.3, 0.4) is 0 Å². The molecule has 1 saturated heterocycles. The zero-order chi connectivity index (χ0) is 9.26. The van der Waals surface area contributed by atoms with Crippen molar-refractivity contribution in [3.8, 4) is 0 Å². The van der Waals surface area contributed by atoms with Crippen molar-refractivity contribution >= 4 is 11.6 Å². The molecule has 0 aliphatic carbocycles. The highest BCUT2D eigenvalue weighted by Gasteiger charge is 2.14. The third kappa shape index (κ3) is 2.01. The average molecular weight is 200 g/mol. The maximum Gasteiger partial charge on any atom is 0.142 e. The van der Waals surface area contributed by atoms with Gasteiger partial charge in [-0.15, -0.1) is 0 Å². The van der Waals surface area contributed by atoms with Crippen molar-refractivity contribution in [2.75, 3.05) is 13.1 Å². The van der Waals surface area contributed by atoms with Crippen molar-refractivity contribution < 1.29 is 4.39 Å². The Morgan fingerprint density at radius 1 is 1.38 bits per heavy atom. The standard InChI is InChI=1S/C10H11ClFN/c11-9-3-2-8(6-10(9)12)7-13-4-1-5-13/h2-3,6H,1,4-5,7H2. The van der Waals surface area contributed by atoms with E-state index < -0.39 is 0 Å². The van der Waals surface area contributed by atoms with Gasteiger partial charge in [-0.25, -0.2) is 4.39 Å². The van der Waals surface area contributed by atoms with Gasteiger partial charge in [-0.3, -0.25) is 4.90 Å². The summed E-state index contributed by atoms with van der Waals surface area (Å²) >= 11 is 5.58. The number of likely N-dealkylation sites (tertiary alicyclic amines) is 1. The normalized spacial score (nSPS) is 17.1. The van der Waals surface area contributed by atoms with Gasteiger partial charge in [-0.1, -0.05) is 17.7 Å². The van der Waals surface area contributed by atoms with E-state index in [0.717, 1.165) is 25.2 Å². The third-order valence-corrected chi connectivity index (χ3v) is 2.65. The first-order valence-corrected chi connectivity index (χ1v) is 4.80. The van der Waals surface area contributed by atoms with Crippen molar-refractivity contribution in [1.29, 1.82) is 0 Å². The summed E-state index contributed by atoms with van der Waals surface area (Å²) in [6, 6.07) is 5.01. The fourth-order valence-electron chi connectivity index (χ4n) is 1.44. The van der Waals surface area contributed by atoms with Crippen LogP contribution in [0.2, 0.25) is 5.02 Å². The van der Waals surface area contributed by atoms with Gasteiger partial charge in [0.2, 0.25) is 0 Å². The van der Waals surface area contributed by atoms with E-state index in [0.29, 0.717) is 0 Å². The molecule has 3 heteroatoms. The first-order chi connectivity index (χ1) is 6.25. The average Bonchev–Trinajstić information content (AvgIpc) is 2.04. The van der Waals surface area contributed by atoms with E-state index in [1.54, 1.807) is 6.07 Å². The van der Waals surface area contributed by atoms with Gasteiger partial charge in [0.25, 0.3) is 0 Å². The topological polar surface area (TPSA) is 3.24 Å². The Morgan fingerprint density at radius 2 is 2.15 bits per heavy atom. The highest BCUT2D eigenvalue weighted by Crippen LogP contribution is 2.18. The summed E-state index contributed by atoms with van der Waals surface area (Å²) in [5, 5.41) is 0.201. The fourth-order valence-corrected chi connectivity index (χ4v) is 1.55. The fraction of sp³-hybridized carbons (Fsp3) is 0.400. The van der Waals surface area contributed by atoms with Crippen LogP contribution < -0.4 is 0 Å². The zero-order valence-electron chi connectivity index (χ0n) is 7.26. The molecule has 2 rings (SSSR count). The van der Waals surface area contributed by atoms with E-state index in [1.807, 2.05) is 6.07 Å². The van der Waals surface area contributed by atoms with Gasteiger partial charge in [-0.2, -0.15) is 0 Å². The summed E-state index contributed by atoms with van der Waals surface area (Å²) in [5.41, 5.74) is 1.00. The predicted octanol–water partition coefficient (Wildman–Crippen LogP) is 2.68. The van der Waals surface area contributed by atoms with Crippen LogP contribution >= 0.6 is 11.6 Å². The molecule has 1 nitrogen and oxygen atoms in total. The molecule has 1 fully saturated rings. The second-order valence-corrected chi connectivity index (χ2v) is 3.79. The van der Waals surface area contributed by atoms with Crippen LogP contribution in [0.1, 0.15) is 12.0 Å². The first-order valence-electron chi connectivity index (χ1n) is 4.42. The number of hydrogen-bond acceptors (Lipinski definition) is 1. The van der Waals surface area contributed by atoms with E-state index in [4.69, 9.17) is 11.6 Å². The minimum atomic E-state index is -0.320. The van der Waals surface area contributed by atoms with Gasteiger partial charge < -0.3 is 0 Å². The minimum absolute atomic E-state index is 0.201. The van der Waals surface area contributed by atoms with Crippen LogP contribution in [0.4, 0.5) is 4.39 Å². The van der Waals surface area contributed by atoms with Crippen molar-refractivity contribution in [2.24, 2.45) is 0 Å². The molecule has 1 aromatic rings. The van der Waals surface area contributed by atoms with E-state index in [1.165, 1.54) is 12.5 Å². The maximum absolute atomic E-state index is 13.0. The Labute approximate surface area is 82.1 Å². The van der Waals surface area contributed by atoms with Crippen LogP contribution in [0.5, 0.6) is 0 Å². The summed E-state index contributed by atoms with van der Waals surface area (Å²) in [7, 11) is 0. The summed E-state index contributed by atoms with van der Waals surface area (Å²) in [6.07, 6.45) is 1.26. The first kappa shape index (κ1) is 8.97. The van der Waals surface area contributed by atoms with Crippen LogP contribution in [-0.2, 0) is 6.54 Å². The monoisotopic (exact) mass is 199 g/mol. The molecule has 0 saturated carbocycles. The molecule has 1 heterocycles. The lowest BCUT2D eigenvalue weighted by atomic mass is 10.1. The lowest BCUT2D eigenvalue weighted by Crippen LogP contribution is -2.36. The molecule has 0 N–H and O–H groups in total. The molecule has 0 radical (unpaired) electrons. The van der Waals surface area contributed by atoms with Crippen molar-refractivity contribution in [3.63, 3.8) is 0 Å². The number of halogens is 2. The molecular formula is C10H11ClFN. The molecule has 1 aliphatic heterocycles. The number of nitrogens with zero attached hydrogens (tertiary/aromatic N) is 1. The number of rotatable bonds is 2. The number of benzene rings is 1. The van der Waals surface area contributed by atoms with E-state index in [9.17, 15) is 4.39 Å². The van der Waals surface area contributed by atoms with Gasteiger partial charge in [-0.05, 0) is 37.2 Å². The smallest absolute Gasteiger partial charge is 0.142 e. The lowest BCUT2D eigenvalue weighted by Gasteiger charge is -2.30. The Bertz CT molecular complexity index is 310. The van der Waals surface area contributed by atoms with Gasteiger partial charge in [0.1, 0.15) is 5.82 Å². The molecule has 70 valence electrons. The maximum atomic E-state index is 13.0. The van der Waals surface area contributed by atoms with Gasteiger partial charge in [0.15, 0.2) is 0 Å². The highest BCUT2D eigenvalue weighted by molar-refractivity contribution is 6.30. The molecule has 1 aromatic carbocycles. The molecule has 0 amide bonds. The molecule has 0 aromatic heterocycles. The Kier molecular flexibility index (Phi) is 2.51. The Hall–Kier alpha value is -0.600. The highest BCUT2D eigenvalue weighted by atomic mass is 35.5. The van der Waals surface area contributed by atoms with Crippen molar-refractivity contribution in [1.82, 2.24) is 4.90 Å². The molecular weight excluding hydrogens is 189 g/mol. The van der Waals surface area contributed by atoms with Crippen LogP contribution in [0, 0.1) is 5.82 Å². The minimum Gasteiger partial charge on any atom is -0.299 e. The molecule has 0 atom stereocenters. The Balaban J connectivity index is 2.07. The second kappa shape index (κ2) is 3.64.